The van der Waals surface area contributed by atoms with Crippen LogP contribution in [0.4, 0.5) is 3.89 Å². The lowest BCUT2D eigenvalue weighted by Crippen LogP contribution is -2.41. The summed E-state index contributed by atoms with van der Waals surface area (Å²) in [6.45, 7) is 7.63. The van der Waals surface area contributed by atoms with Gasteiger partial charge in [0.1, 0.15) is 5.75 Å². The summed E-state index contributed by atoms with van der Waals surface area (Å²) in [6.07, 6.45) is 5.38. The third-order valence-electron chi connectivity index (χ3n) is 4.05. The van der Waals surface area contributed by atoms with Crippen LogP contribution in [-0.4, -0.2) is 26.7 Å². The van der Waals surface area contributed by atoms with Crippen molar-refractivity contribution in [1.29, 1.82) is 0 Å². The van der Waals surface area contributed by atoms with Gasteiger partial charge in [-0.05, 0) is 50.9 Å². The van der Waals surface area contributed by atoms with Gasteiger partial charge < -0.3 is 9.31 Å². The van der Waals surface area contributed by atoms with Gasteiger partial charge >= 0.3 is 17.3 Å². The number of rotatable bonds is 3. The summed E-state index contributed by atoms with van der Waals surface area (Å²) in [5.41, 5.74) is 0.230. The van der Waals surface area contributed by atoms with E-state index in [1.165, 1.54) is 6.07 Å². The number of hydrogen-bond acceptors (Lipinski definition) is 4. The third kappa shape index (κ3) is 3.51. The maximum Gasteiger partial charge on any atom is 0.494 e. The summed E-state index contributed by atoms with van der Waals surface area (Å²) >= 11 is 0. The summed E-state index contributed by atoms with van der Waals surface area (Å²) in [7, 11) is -5.32. The van der Waals surface area contributed by atoms with E-state index in [9.17, 15) is 12.3 Å². The van der Waals surface area contributed by atoms with E-state index in [4.69, 9.17) is 15.7 Å². The fraction of sp³-hybridized carbons (Fsp3) is 0.467. The highest BCUT2D eigenvalue weighted by Gasteiger charge is 2.51. The standard InChI is InChI=1S/C15H18BFO4S/c1-6-11-7-12(10-22(17,18)19)9-13(8-11)16-20-14(2,3)15(4,5)21-16/h1,7-9H,10H2,2-5H3. The van der Waals surface area contributed by atoms with Crippen LogP contribution in [-0.2, 0) is 25.3 Å². The summed E-state index contributed by atoms with van der Waals surface area (Å²) < 4.78 is 46.4. The van der Waals surface area contributed by atoms with Gasteiger partial charge in [0, 0.05) is 5.56 Å². The van der Waals surface area contributed by atoms with Crippen molar-refractivity contribution in [3.05, 3.63) is 29.3 Å². The molecule has 0 saturated carbocycles. The molecule has 22 heavy (non-hydrogen) atoms. The summed E-state index contributed by atoms with van der Waals surface area (Å²) in [4.78, 5) is 0. The Labute approximate surface area is 131 Å². The molecule has 0 amide bonds. The van der Waals surface area contributed by atoms with Crippen molar-refractivity contribution in [2.45, 2.75) is 44.6 Å². The SMILES string of the molecule is C#Cc1cc(CS(=O)(=O)F)cc(B2OC(C)(C)C(C)(C)O2)c1. The van der Waals surface area contributed by atoms with E-state index in [0.29, 0.717) is 11.0 Å². The van der Waals surface area contributed by atoms with E-state index >= 15 is 0 Å². The number of benzene rings is 1. The highest BCUT2D eigenvalue weighted by Crippen LogP contribution is 2.36. The zero-order valence-electron chi connectivity index (χ0n) is 13.0. The third-order valence-corrected chi connectivity index (χ3v) is 4.72. The van der Waals surface area contributed by atoms with Gasteiger partial charge in [-0.2, -0.15) is 8.42 Å². The lowest BCUT2D eigenvalue weighted by atomic mass is 9.77. The molecule has 0 aliphatic carbocycles. The second-order valence-corrected chi connectivity index (χ2v) is 7.75. The van der Waals surface area contributed by atoms with Gasteiger partial charge in [0.25, 0.3) is 0 Å². The summed E-state index contributed by atoms with van der Waals surface area (Å²) in [5, 5.41) is 0. The van der Waals surface area contributed by atoms with Crippen LogP contribution in [0, 0.1) is 12.3 Å². The maximum absolute atomic E-state index is 12.9. The van der Waals surface area contributed by atoms with Crippen molar-refractivity contribution >= 4 is 22.8 Å². The first-order valence-electron chi connectivity index (χ1n) is 6.82. The molecule has 7 heteroatoms. The highest BCUT2D eigenvalue weighted by molar-refractivity contribution is 7.85. The Morgan fingerprint density at radius 3 is 2.18 bits per heavy atom. The molecule has 118 valence electrons. The highest BCUT2D eigenvalue weighted by atomic mass is 32.3. The minimum absolute atomic E-state index is 0.266. The Balaban J connectivity index is 2.41. The van der Waals surface area contributed by atoms with Crippen LogP contribution in [0.25, 0.3) is 0 Å². The normalized spacial score (nSPS) is 19.9. The molecular formula is C15H18BFO4S. The van der Waals surface area contributed by atoms with Crippen LogP contribution in [0.1, 0.15) is 38.8 Å². The Kier molecular flexibility index (Phi) is 4.15. The lowest BCUT2D eigenvalue weighted by molar-refractivity contribution is 0.00578. The minimum Gasteiger partial charge on any atom is -0.399 e. The number of hydrogen-bond donors (Lipinski definition) is 0. The number of halogens is 1. The first-order valence-corrected chi connectivity index (χ1v) is 8.37. The molecule has 4 nitrogen and oxygen atoms in total. The van der Waals surface area contributed by atoms with Crippen LogP contribution in [0.2, 0.25) is 0 Å². The quantitative estimate of drug-likeness (QED) is 0.483. The van der Waals surface area contributed by atoms with Crippen molar-refractivity contribution in [2.24, 2.45) is 0 Å². The molecule has 1 aliphatic rings. The second-order valence-electron chi connectivity index (χ2n) is 6.38. The molecule has 0 aromatic heterocycles. The fourth-order valence-electron chi connectivity index (χ4n) is 2.20. The Hall–Kier alpha value is -1.36. The Morgan fingerprint density at radius 2 is 1.73 bits per heavy atom. The Morgan fingerprint density at radius 1 is 1.18 bits per heavy atom. The predicted molar refractivity (Wildman–Crippen MR) is 83.8 cm³/mol. The molecule has 1 aliphatic heterocycles. The largest absolute Gasteiger partial charge is 0.494 e. The average Bonchev–Trinajstić information content (AvgIpc) is 2.56. The van der Waals surface area contributed by atoms with Crippen molar-refractivity contribution in [1.82, 2.24) is 0 Å². The predicted octanol–water partition coefficient (Wildman–Crippen LogP) is 1.77. The minimum atomic E-state index is -4.64. The van der Waals surface area contributed by atoms with Gasteiger partial charge in [-0.3, -0.25) is 0 Å². The Bertz CT molecular complexity index is 718. The molecule has 1 heterocycles. The summed E-state index contributed by atoms with van der Waals surface area (Å²) in [5.74, 6) is 1.70. The molecule has 1 fully saturated rings. The molecule has 0 unspecified atom stereocenters. The zero-order valence-corrected chi connectivity index (χ0v) is 13.8. The fourth-order valence-corrected chi connectivity index (χ4v) is 2.76. The molecule has 1 saturated heterocycles. The van der Waals surface area contributed by atoms with E-state index in [-0.39, 0.29) is 5.56 Å². The molecular weight excluding hydrogens is 306 g/mol. The zero-order chi connectivity index (χ0) is 16.8. The lowest BCUT2D eigenvalue weighted by Gasteiger charge is -2.32. The average molecular weight is 324 g/mol. The molecule has 0 radical (unpaired) electrons. The van der Waals surface area contributed by atoms with E-state index in [2.05, 4.69) is 5.92 Å². The van der Waals surface area contributed by atoms with Gasteiger partial charge in [-0.25, -0.2) is 0 Å². The van der Waals surface area contributed by atoms with Gasteiger partial charge in [0.2, 0.25) is 0 Å². The molecule has 2 rings (SSSR count). The first kappa shape index (κ1) is 17.0. The van der Waals surface area contributed by atoms with Crippen molar-refractivity contribution in [3.63, 3.8) is 0 Å². The van der Waals surface area contributed by atoms with Gasteiger partial charge in [-0.15, -0.1) is 10.3 Å². The summed E-state index contributed by atoms with van der Waals surface area (Å²) in [6, 6.07) is 4.68. The van der Waals surface area contributed by atoms with Gasteiger partial charge in [-0.1, -0.05) is 12.0 Å². The second kappa shape index (κ2) is 5.37. The van der Waals surface area contributed by atoms with Gasteiger partial charge in [0.15, 0.2) is 0 Å². The van der Waals surface area contributed by atoms with Crippen LogP contribution in [0.15, 0.2) is 18.2 Å². The molecule has 1 aromatic rings. The van der Waals surface area contributed by atoms with E-state index in [1.54, 1.807) is 12.1 Å². The van der Waals surface area contributed by atoms with Crippen molar-refractivity contribution in [3.8, 4) is 12.3 Å². The molecule has 1 aromatic carbocycles. The van der Waals surface area contributed by atoms with Crippen LogP contribution in [0.5, 0.6) is 0 Å². The van der Waals surface area contributed by atoms with Crippen LogP contribution < -0.4 is 5.46 Å². The topological polar surface area (TPSA) is 52.6 Å². The molecule has 0 spiro atoms. The first-order chi connectivity index (χ1) is 9.93. The smallest absolute Gasteiger partial charge is 0.399 e. The maximum atomic E-state index is 12.9. The molecule has 0 N–H and O–H groups in total. The van der Waals surface area contributed by atoms with Crippen molar-refractivity contribution in [2.75, 3.05) is 0 Å². The van der Waals surface area contributed by atoms with Gasteiger partial charge in [0.05, 0.1) is 11.2 Å². The van der Waals surface area contributed by atoms with E-state index in [1.807, 2.05) is 27.7 Å². The molecule has 0 bridgehead atoms. The van der Waals surface area contributed by atoms with Crippen LogP contribution in [0.3, 0.4) is 0 Å². The van der Waals surface area contributed by atoms with E-state index < -0.39 is 34.3 Å². The monoisotopic (exact) mass is 324 g/mol. The van der Waals surface area contributed by atoms with Crippen LogP contribution >= 0.6 is 0 Å². The van der Waals surface area contributed by atoms with Crippen molar-refractivity contribution < 1.29 is 21.6 Å². The number of terminal acetylenes is 1. The molecule has 0 atom stereocenters. The van der Waals surface area contributed by atoms with E-state index in [0.717, 1.165) is 0 Å².